The molecule has 0 aromatic rings. The number of amides is 1. The summed E-state index contributed by atoms with van der Waals surface area (Å²) in [5.41, 5.74) is -3.52. The highest BCUT2D eigenvalue weighted by Crippen LogP contribution is 2.44. The summed E-state index contributed by atoms with van der Waals surface area (Å²) < 4.78 is 45.4. The predicted octanol–water partition coefficient (Wildman–Crippen LogP) is -1.27. The second kappa shape index (κ2) is 24.7. The summed E-state index contributed by atoms with van der Waals surface area (Å²) in [6.45, 7) is 21.2. The molecule has 70 heavy (non-hydrogen) atoms. The molecule has 15 unspecified atom stereocenters. The number of fused-ring (bicyclic) bond motifs is 1. The number of aliphatic hydroxyl groups excluding tert-OH is 10. The number of aliphatic hydroxyl groups is 10. The molecule has 0 spiro atoms. The van der Waals surface area contributed by atoms with Crippen molar-refractivity contribution >= 4 is 18.0 Å². The van der Waals surface area contributed by atoms with Gasteiger partial charge in [-0.15, -0.1) is 0 Å². The van der Waals surface area contributed by atoms with Crippen molar-refractivity contribution in [3.63, 3.8) is 0 Å². The number of carbonyl (C=O) groups excluding carboxylic acids is 3. The highest BCUT2D eigenvalue weighted by atomic mass is 16.8. The van der Waals surface area contributed by atoms with Crippen LogP contribution < -0.4 is 10.6 Å². The van der Waals surface area contributed by atoms with E-state index in [1.54, 1.807) is 27.7 Å². The van der Waals surface area contributed by atoms with Crippen LogP contribution in [0.3, 0.4) is 0 Å². The monoisotopic (exact) mass is 1010 g/mol. The molecule has 0 aliphatic carbocycles. The first-order chi connectivity index (χ1) is 31.9. The van der Waals surface area contributed by atoms with Gasteiger partial charge in [0.1, 0.15) is 80.4 Å². The van der Waals surface area contributed by atoms with Crippen LogP contribution in [-0.2, 0) is 47.5 Å². The van der Waals surface area contributed by atoms with Crippen LogP contribution >= 0.6 is 0 Å². The van der Waals surface area contributed by atoms with Crippen molar-refractivity contribution in [3.05, 3.63) is 0 Å². The Hall–Kier alpha value is -2.43. The van der Waals surface area contributed by atoms with Gasteiger partial charge < -0.3 is 99.6 Å². The first-order valence-electron chi connectivity index (χ1n) is 24.0. The Bertz CT molecular complexity index is 1630. The minimum absolute atomic E-state index is 0.0316. The van der Waals surface area contributed by atoms with E-state index in [1.807, 2.05) is 41.5 Å². The minimum atomic E-state index is -1.92. The molecule has 1 amide bonds. The van der Waals surface area contributed by atoms with E-state index in [2.05, 4.69) is 10.6 Å². The van der Waals surface area contributed by atoms with Crippen LogP contribution in [0.1, 0.15) is 109 Å². The standard InChI is InChI=1S/C47H86N2O21/c1-42(2,3)22-44(7,8)39(60)63-19-24(20-64-40(61)45(9,10)23-43(4,5)6)66-41(62)49-15-14-48-17-26(52)30(54)29(53)25(51)16-46(11,12)70-38-35(59)33(57)32(56)28(68-38)21-65-47(13)37-36(69-47)34(58)31(55)27(18-50)67-37/h24-38,48,50-59H,14-23H2,1-13H3,(H,49,62). The summed E-state index contributed by atoms with van der Waals surface area (Å²) in [5, 5.41) is 111. The topological polar surface area (TPSA) is 351 Å². The SMILES string of the molecule is CC(C)(C)CC(C)(C)C(=O)OCC(COC(=O)C(C)(C)CC(C)(C)C)OC(=O)NCCNCC(O)C(O)C(O)C(O)CC(C)(C)OC1OC(COC2(C)OC3C(O)C(O)C(CO)OC32)C(O)C(O)C1O. The maximum atomic E-state index is 13.1. The van der Waals surface area contributed by atoms with Crippen LogP contribution in [0.15, 0.2) is 0 Å². The molecule has 3 aliphatic rings. The quantitative estimate of drug-likeness (QED) is 0.0288. The molecule has 3 saturated heterocycles. The van der Waals surface area contributed by atoms with Gasteiger partial charge in [0.15, 0.2) is 18.2 Å². The zero-order valence-corrected chi connectivity index (χ0v) is 43.2. The number of alkyl carbamates (subject to hydrolysis) is 1. The number of hydrogen-bond acceptors (Lipinski definition) is 22. The third-order valence-electron chi connectivity index (χ3n) is 12.3. The van der Waals surface area contributed by atoms with Crippen LogP contribution in [0.2, 0.25) is 0 Å². The lowest BCUT2D eigenvalue weighted by atomic mass is 9.76. The van der Waals surface area contributed by atoms with Crippen LogP contribution in [0.4, 0.5) is 4.79 Å². The Morgan fingerprint density at radius 1 is 0.671 bits per heavy atom. The van der Waals surface area contributed by atoms with E-state index in [4.69, 9.17) is 37.9 Å². The van der Waals surface area contributed by atoms with Gasteiger partial charge in [-0.05, 0) is 72.1 Å². The Balaban J connectivity index is 1.48. The molecule has 23 nitrogen and oxygen atoms in total. The second-order valence-corrected chi connectivity index (χ2v) is 23.5. The molecular formula is C47H86N2O21. The lowest BCUT2D eigenvalue weighted by Gasteiger charge is -2.58. The molecule has 3 fully saturated rings. The number of rotatable bonds is 25. The van der Waals surface area contributed by atoms with Crippen molar-refractivity contribution in [1.29, 1.82) is 0 Å². The largest absolute Gasteiger partial charge is 0.461 e. The van der Waals surface area contributed by atoms with Crippen molar-refractivity contribution in [2.45, 2.75) is 212 Å². The summed E-state index contributed by atoms with van der Waals surface area (Å²) >= 11 is 0. The molecule has 410 valence electrons. The highest BCUT2D eigenvalue weighted by molar-refractivity contribution is 5.76. The number of carbonyl (C=O) groups is 3. The van der Waals surface area contributed by atoms with Crippen molar-refractivity contribution in [3.8, 4) is 0 Å². The van der Waals surface area contributed by atoms with Crippen LogP contribution in [-0.4, -0.2) is 218 Å². The van der Waals surface area contributed by atoms with E-state index in [0.717, 1.165) is 0 Å². The van der Waals surface area contributed by atoms with Gasteiger partial charge in [0.25, 0.3) is 0 Å². The zero-order valence-electron chi connectivity index (χ0n) is 43.2. The van der Waals surface area contributed by atoms with Crippen molar-refractivity contribution < 1.29 is 103 Å². The minimum Gasteiger partial charge on any atom is -0.461 e. The molecule has 3 heterocycles. The summed E-state index contributed by atoms with van der Waals surface area (Å²) in [6.07, 6.45) is -22.6. The van der Waals surface area contributed by atoms with Gasteiger partial charge in [-0.1, -0.05) is 41.5 Å². The molecule has 23 heteroatoms. The van der Waals surface area contributed by atoms with Gasteiger partial charge in [0.2, 0.25) is 0 Å². The first kappa shape index (κ1) is 61.9. The zero-order chi connectivity index (χ0) is 53.5. The molecular weight excluding hydrogens is 929 g/mol. The van der Waals surface area contributed by atoms with E-state index in [0.29, 0.717) is 12.8 Å². The van der Waals surface area contributed by atoms with E-state index >= 15 is 0 Å². The molecule has 15 atom stereocenters. The number of hydrogen-bond donors (Lipinski definition) is 12. The number of esters is 2. The van der Waals surface area contributed by atoms with Gasteiger partial charge in [0.05, 0.1) is 41.9 Å². The normalized spacial score (nSPS) is 30.6. The van der Waals surface area contributed by atoms with Crippen LogP contribution in [0, 0.1) is 21.7 Å². The number of ether oxygens (including phenoxy) is 8. The molecule has 3 aliphatic heterocycles. The Morgan fingerprint density at radius 2 is 1.19 bits per heavy atom. The Morgan fingerprint density at radius 3 is 1.70 bits per heavy atom. The van der Waals surface area contributed by atoms with E-state index < -0.39 is 152 Å². The predicted molar refractivity (Wildman–Crippen MR) is 246 cm³/mol. The van der Waals surface area contributed by atoms with Gasteiger partial charge in [-0.25, -0.2) is 4.79 Å². The van der Waals surface area contributed by atoms with E-state index in [-0.39, 0.29) is 43.7 Å². The average molecular weight is 1020 g/mol. The Kier molecular flexibility index (Phi) is 21.9. The van der Waals surface area contributed by atoms with Crippen molar-refractivity contribution in [2.75, 3.05) is 46.1 Å². The fraction of sp³-hybridized carbons (Fsp3) is 0.936. The second-order valence-electron chi connectivity index (χ2n) is 23.5. The van der Waals surface area contributed by atoms with E-state index in [9.17, 15) is 65.4 Å². The van der Waals surface area contributed by atoms with Gasteiger partial charge in [0, 0.05) is 26.1 Å². The van der Waals surface area contributed by atoms with Crippen LogP contribution in [0.25, 0.3) is 0 Å². The van der Waals surface area contributed by atoms with Crippen molar-refractivity contribution in [2.24, 2.45) is 21.7 Å². The first-order valence-corrected chi connectivity index (χ1v) is 24.0. The smallest absolute Gasteiger partial charge is 0.407 e. The summed E-state index contributed by atoms with van der Waals surface area (Å²) in [4.78, 5) is 39.0. The molecule has 0 bridgehead atoms. The molecule has 0 aromatic heterocycles. The average Bonchev–Trinajstić information content (AvgIpc) is 3.22. The van der Waals surface area contributed by atoms with Gasteiger partial charge in [-0.3, -0.25) is 9.59 Å². The highest BCUT2D eigenvalue weighted by Gasteiger charge is 2.63. The third kappa shape index (κ3) is 17.6. The molecule has 0 aromatic carbocycles. The molecule has 0 radical (unpaired) electrons. The van der Waals surface area contributed by atoms with Gasteiger partial charge >= 0.3 is 18.0 Å². The molecule has 12 N–H and O–H groups in total. The van der Waals surface area contributed by atoms with Crippen LogP contribution in [0.5, 0.6) is 0 Å². The Labute approximate surface area is 411 Å². The third-order valence-corrected chi connectivity index (χ3v) is 12.3. The number of nitrogens with one attached hydrogen (secondary N) is 2. The van der Waals surface area contributed by atoms with E-state index in [1.165, 1.54) is 20.8 Å². The fourth-order valence-corrected chi connectivity index (χ4v) is 9.32. The van der Waals surface area contributed by atoms with Crippen molar-refractivity contribution in [1.82, 2.24) is 10.6 Å². The summed E-state index contributed by atoms with van der Waals surface area (Å²) in [5.74, 6) is -2.56. The summed E-state index contributed by atoms with van der Waals surface area (Å²) in [7, 11) is 0. The molecule has 3 rings (SSSR count). The lowest BCUT2D eigenvalue weighted by Crippen LogP contribution is -2.75. The lowest BCUT2D eigenvalue weighted by molar-refractivity contribution is -0.448. The fourth-order valence-electron chi connectivity index (χ4n) is 9.32. The van der Waals surface area contributed by atoms with Gasteiger partial charge in [-0.2, -0.15) is 0 Å². The molecule has 0 saturated carbocycles. The maximum Gasteiger partial charge on any atom is 0.407 e. The summed E-state index contributed by atoms with van der Waals surface area (Å²) in [6, 6.07) is 0. The maximum absolute atomic E-state index is 13.1.